The fourth-order valence-electron chi connectivity index (χ4n) is 3.39. The topological polar surface area (TPSA) is 92.1 Å². The zero-order valence-electron chi connectivity index (χ0n) is 14.9. The molecule has 0 saturated carbocycles. The third-order valence-corrected chi connectivity index (χ3v) is 5.04. The Hall–Kier alpha value is -3.03. The molecule has 7 nitrogen and oxygen atoms in total. The highest BCUT2D eigenvalue weighted by atomic mass is 35.5. The Morgan fingerprint density at radius 3 is 2.75 bits per heavy atom. The maximum Gasteiger partial charge on any atom is 0.269 e. The Morgan fingerprint density at radius 2 is 2.00 bits per heavy atom. The SMILES string of the molecule is O=c1[nH]c(-c2ccc(Cl)cc2)nc2c1CN(Cc1cccc([N+](=O)[O-])c1)CC2. The Kier molecular flexibility index (Phi) is 4.93. The summed E-state index contributed by atoms with van der Waals surface area (Å²) in [6, 6.07) is 13.7. The van der Waals surface area contributed by atoms with Crippen LogP contribution in [0.2, 0.25) is 5.02 Å². The number of aromatic nitrogens is 2. The van der Waals surface area contributed by atoms with Crippen molar-refractivity contribution in [2.24, 2.45) is 0 Å². The van der Waals surface area contributed by atoms with Crippen LogP contribution in [-0.4, -0.2) is 26.3 Å². The minimum Gasteiger partial charge on any atom is -0.306 e. The lowest BCUT2D eigenvalue weighted by Crippen LogP contribution is -2.35. The van der Waals surface area contributed by atoms with E-state index in [0.717, 1.165) is 23.4 Å². The smallest absolute Gasteiger partial charge is 0.269 e. The molecule has 0 saturated heterocycles. The highest BCUT2D eigenvalue weighted by molar-refractivity contribution is 6.30. The summed E-state index contributed by atoms with van der Waals surface area (Å²) in [6.45, 7) is 1.73. The van der Waals surface area contributed by atoms with Crippen LogP contribution in [0.15, 0.2) is 53.3 Å². The summed E-state index contributed by atoms with van der Waals surface area (Å²) in [5.41, 5.74) is 3.02. The molecule has 0 atom stereocenters. The van der Waals surface area contributed by atoms with E-state index in [1.54, 1.807) is 24.3 Å². The largest absolute Gasteiger partial charge is 0.306 e. The summed E-state index contributed by atoms with van der Waals surface area (Å²) in [5, 5.41) is 11.6. The van der Waals surface area contributed by atoms with Crippen LogP contribution in [0.25, 0.3) is 11.4 Å². The molecule has 28 heavy (non-hydrogen) atoms. The minimum absolute atomic E-state index is 0.0713. The van der Waals surface area contributed by atoms with Crippen LogP contribution in [0, 0.1) is 10.1 Å². The summed E-state index contributed by atoms with van der Waals surface area (Å²) in [7, 11) is 0. The molecule has 1 aromatic heterocycles. The first-order chi connectivity index (χ1) is 13.5. The van der Waals surface area contributed by atoms with Crippen molar-refractivity contribution in [3.8, 4) is 11.4 Å². The second-order valence-electron chi connectivity index (χ2n) is 6.73. The Morgan fingerprint density at radius 1 is 1.21 bits per heavy atom. The number of aromatic amines is 1. The number of nitrogens with one attached hydrogen (secondary N) is 1. The fraction of sp³-hybridized carbons (Fsp3) is 0.200. The molecule has 1 N–H and O–H groups in total. The van der Waals surface area contributed by atoms with Crippen molar-refractivity contribution >= 4 is 17.3 Å². The van der Waals surface area contributed by atoms with E-state index in [1.807, 2.05) is 18.2 Å². The number of H-pyrrole nitrogens is 1. The van der Waals surface area contributed by atoms with Gasteiger partial charge in [-0.1, -0.05) is 23.7 Å². The maximum absolute atomic E-state index is 12.6. The molecule has 0 unspecified atom stereocenters. The van der Waals surface area contributed by atoms with Gasteiger partial charge in [-0.25, -0.2) is 4.98 Å². The van der Waals surface area contributed by atoms with E-state index in [2.05, 4.69) is 14.9 Å². The van der Waals surface area contributed by atoms with Crippen molar-refractivity contribution < 1.29 is 4.92 Å². The van der Waals surface area contributed by atoms with Gasteiger partial charge >= 0.3 is 0 Å². The molecule has 142 valence electrons. The van der Waals surface area contributed by atoms with Crippen molar-refractivity contribution in [2.75, 3.05) is 6.54 Å². The number of non-ortho nitro benzene ring substituents is 1. The van der Waals surface area contributed by atoms with E-state index in [9.17, 15) is 14.9 Å². The summed E-state index contributed by atoms with van der Waals surface area (Å²) in [5.74, 6) is 0.535. The molecule has 2 aromatic carbocycles. The first-order valence-electron chi connectivity index (χ1n) is 8.83. The molecule has 0 spiro atoms. The van der Waals surface area contributed by atoms with Crippen LogP contribution < -0.4 is 5.56 Å². The van der Waals surface area contributed by atoms with Crippen molar-refractivity contribution in [1.29, 1.82) is 0 Å². The van der Waals surface area contributed by atoms with E-state index < -0.39 is 4.92 Å². The van der Waals surface area contributed by atoms with Crippen LogP contribution in [0.4, 0.5) is 5.69 Å². The van der Waals surface area contributed by atoms with Crippen LogP contribution in [0.3, 0.4) is 0 Å². The molecule has 0 aliphatic carbocycles. The van der Waals surface area contributed by atoms with Crippen molar-refractivity contribution in [3.63, 3.8) is 0 Å². The standard InChI is InChI=1S/C20H17ClN4O3/c21-15-6-4-14(5-7-15)19-22-18-8-9-24(12-17(18)20(26)23-19)11-13-2-1-3-16(10-13)25(27)28/h1-7,10H,8-9,11-12H2,(H,22,23,26). The molecule has 8 heteroatoms. The number of halogens is 1. The first-order valence-corrected chi connectivity index (χ1v) is 9.21. The van der Waals surface area contributed by atoms with Gasteiger partial charge in [-0.15, -0.1) is 0 Å². The van der Waals surface area contributed by atoms with Gasteiger partial charge in [0.15, 0.2) is 0 Å². The fourth-order valence-corrected chi connectivity index (χ4v) is 3.51. The summed E-state index contributed by atoms with van der Waals surface area (Å²) in [6.07, 6.45) is 0.648. The zero-order chi connectivity index (χ0) is 19.7. The molecule has 0 amide bonds. The zero-order valence-corrected chi connectivity index (χ0v) is 15.6. The number of benzene rings is 2. The number of rotatable bonds is 4. The first kappa shape index (κ1) is 18.3. The van der Waals surface area contributed by atoms with E-state index in [0.29, 0.717) is 35.9 Å². The summed E-state index contributed by atoms with van der Waals surface area (Å²) >= 11 is 5.92. The van der Waals surface area contributed by atoms with Gasteiger partial charge in [-0.05, 0) is 29.8 Å². The van der Waals surface area contributed by atoms with Crippen molar-refractivity contribution in [1.82, 2.24) is 14.9 Å². The Bertz CT molecular complexity index is 1100. The number of fused-ring (bicyclic) bond motifs is 1. The molecule has 2 heterocycles. The number of hydrogen-bond donors (Lipinski definition) is 1. The predicted octanol–water partition coefficient (Wildman–Crippen LogP) is 3.56. The Labute approximate surface area is 165 Å². The van der Waals surface area contributed by atoms with Crippen molar-refractivity contribution in [3.05, 3.63) is 90.8 Å². The van der Waals surface area contributed by atoms with Crippen LogP contribution in [-0.2, 0) is 19.5 Å². The average molecular weight is 397 g/mol. The lowest BCUT2D eigenvalue weighted by Gasteiger charge is -2.27. The van der Waals surface area contributed by atoms with Gasteiger partial charge in [0.05, 0.1) is 16.2 Å². The molecular weight excluding hydrogens is 380 g/mol. The van der Waals surface area contributed by atoms with E-state index >= 15 is 0 Å². The molecule has 0 radical (unpaired) electrons. The molecular formula is C20H17ClN4O3. The molecule has 0 fully saturated rings. The average Bonchev–Trinajstić information content (AvgIpc) is 2.69. The van der Waals surface area contributed by atoms with E-state index in [1.165, 1.54) is 6.07 Å². The molecule has 1 aliphatic heterocycles. The molecule has 1 aliphatic rings. The third kappa shape index (κ3) is 3.81. The second kappa shape index (κ2) is 7.53. The molecule has 4 rings (SSSR count). The highest BCUT2D eigenvalue weighted by Gasteiger charge is 2.22. The van der Waals surface area contributed by atoms with Gasteiger partial charge in [0.2, 0.25) is 0 Å². The number of hydrogen-bond acceptors (Lipinski definition) is 5. The van der Waals surface area contributed by atoms with Crippen LogP contribution in [0.1, 0.15) is 16.8 Å². The number of nitrogens with zero attached hydrogens (tertiary/aromatic N) is 3. The van der Waals surface area contributed by atoms with Gasteiger partial charge in [-0.3, -0.25) is 19.8 Å². The summed E-state index contributed by atoms with van der Waals surface area (Å²) < 4.78 is 0. The van der Waals surface area contributed by atoms with E-state index in [-0.39, 0.29) is 11.2 Å². The molecule has 3 aromatic rings. The molecule has 0 bridgehead atoms. The number of nitro benzene ring substituents is 1. The van der Waals surface area contributed by atoms with Gasteiger partial charge < -0.3 is 4.98 Å². The monoisotopic (exact) mass is 396 g/mol. The summed E-state index contributed by atoms with van der Waals surface area (Å²) in [4.78, 5) is 32.8. The normalized spacial score (nSPS) is 13.9. The van der Waals surface area contributed by atoms with Gasteiger partial charge in [0, 0.05) is 48.8 Å². The van der Waals surface area contributed by atoms with Gasteiger partial charge in [-0.2, -0.15) is 0 Å². The van der Waals surface area contributed by atoms with Crippen LogP contribution >= 0.6 is 11.6 Å². The van der Waals surface area contributed by atoms with Crippen molar-refractivity contribution in [2.45, 2.75) is 19.5 Å². The minimum atomic E-state index is -0.401. The van der Waals surface area contributed by atoms with E-state index in [4.69, 9.17) is 11.6 Å². The second-order valence-corrected chi connectivity index (χ2v) is 7.17. The predicted molar refractivity (Wildman–Crippen MR) is 106 cm³/mol. The quantitative estimate of drug-likeness (QED) is 0.537. The third-order valence-electron chi connectivity index (χ3n) is 4.79. The van der Waals surface area contributed by atoms with Crippen LogP contribution in [0.5, 0.6) is 0 Å². The highest BCUT2D eigenvalue weighted by Crippen LogP contribution is 2.22. The maximum atomic E-state index is 12.6. The van der Waals surface area contributed by atoms with Gasteiger partial charge in [0.1, 0.15) is 5.82 Å². The lowest BCUT2D eigenvalue weighted by atomic mass is 10.1. The lowest BCUT2D eigenvalue weighted by molar-refractivity contribution is -0.384. The Balaban J connectivity index is 1.56. The van der Waals surface area contributed by atoms with Gasteiger partial charge in [0.25, 0.3) is 11.2 Å². The number of nitro groups is 1.